The van der Waals surface area contributed by atoms with Crippen molar-refractivity contribution in [3.8, 4) is 0 Å². The van der Waals surface area contributed by atoms with Gasteiger partial charge in [0.25, 0.3) is 0 Å². The number of rotatable bonds is 44. The van der Waals surface area contributed by atoms with E-state index in [0.717, 1.165) is 38.5 Å². The van der Waals surface area contributed by atoms with Gasteiger partial charge in [-0.1, -0.05) is 213 Å². The Kier molecular flexibility index (Phi) is 40.9. The molecule has 54 heavy (non-hydrogen) atoms. The molecule has 9 nitrogen and oxygen atoms in total. The monoisotopic (exact) mass is 790 g/mol. The summed E-state index contributed by atoms with van der Waals surface area (Å²) in [6, 6.07) is 0. The zero-order chi connectivity index (χ0) is 39.6. The van der Waals surface area contributed by atoms with Crippen LogP contribution in [0.1, 0.15) is 239 Å². The molecule has 1 amide bonds. The first-order valence-corrected chi connectivity index (χ1v) is 24.5. The van der Waals surface area contributed by atoms with Crippen LogP contribution in [0.4, 0.5) is 0 Å². The number of aliphatic hydroxyl groups excluding tert-OH is 1. The molecule has 0 radical (unpaired) electrons. The van der Waals surface area contributed by atoms with Gasteiger partial charge in [-0.15, -0.1) is 0 Å². The predicted octanol–water partition coefficient (Wildman–Crippen LogP) is 12.8. The van der Waals surface area contributed by atoms with Crippen LogP contribution in [0.5, 0.6) is 0 Å². The van der Waals surface area contributed by atoms with E-state index in [2.05, 4.69) is 19.2 Å². The summed E-state index contributed by atoms with van der Waals surface area (Å²) in [6.45, 7) is 3.60. The fourth-order valence-corrected chi connectivity index (χ4v) is 7.55. The zero-order valence-electron chi connectivity index (χ0n) is 35.4. The topological polar surface area (TPSA) is 131 Å². The molecule has 0 fully saturated rings. The van der Waals surface area contributed by atoms with Crippen LogP contribution < -0.4 is 5.32 Å². The van der Waals surface area contributed by atoms with Crippen molar-refractivity contribution < 1.29 is 37.9 Å². The summed E-state index contributed by atoms with van der Waals surface area (Å²) in [6.07, 6.45) is 41.8. The Hall–Kier alpha value is -0.990. The van der Waals surface area contributed by atoms with Crippen molar-refractivity contribution in [2.45, 2.75) is 245 Å². The molecule has 0 rings (SSSR count). The maximum atomic E-state index is 12.1. The van der Waals surface area contributed by atoms with E-state index in [-0.39, 0.29) is 25.7 Å². The number of ether oxygens (including phenoxy) is 1. The summed E-state index contributed by atoms with van der Waals surface area (Å²) in [5.74, 6) is -0.502. The standard InChI is InChI=1S/C44H88NO8P/c1-3-5-7-9-11-13-15-17-19-20-21-22-23-24-26-28-30-32-34-36-43(47)45-38-39-52-54(49,50)53-41-42(46)40-51-44(48)37-35-33-31-29-27-25-18-16-14-12-10-8-6-4-2/h42,46H,3-41H2,1-2H3,(H,45,47)(H,49,50). The van der Waals surface area contributed by atoms with Gasteiger partial charge in [0.15, 0.2) is 0 Å². The number of nitrogens with one attached hydrogen (secondary N) is 1. The van der Waals surface area contributed by atoms with E-state index < -0.39 is 26.5 Å². The second kappa shape index (κ2) is 41.6. The van der Waals surface area contributed by atoms with Gasteiger partial charge in [0.1, 0.15) is 12.7 Å². The van der Waals surface area contributed by atoms with Gasteiger partial charge in [-0.25, -0.2) is 4.57 Å². The Balaban J connectivity index is 3.53. The molecule has 2 atom stereocenters. The molecule has 10 heteroatoms. The molecular weight excluding hydrogens is 701 g/mol. The van der Waals surface area contributed by atoms with Crippen LogP contribution in [0.3, 0.4) is 0 Å². The van der Waals surface area contributed by atoms with E-state index in [1.165, 1.54) is 173 Å². The summed E-state index contributed by atoms with van der Waals surface area (Å²) >= 11 is 0. The highest BCUT2D eigenvalue weighted by molar-refractivity contribution is 7.47. The zero-order valence-corrected chi connectivity index (χ0v) is 36.3. The van der Waals surface area contributed by atoms with Crippen LogP contribution in [0.15, 0.2) is 0 Å². The van der Waals surface area contributed by atoms with Crippen LogP contribution in [-0.2, 0) is 27.9 Å². The van der Waals surface area contributed by atoms with E-state index in [4.69, 9.17) is 13.8 Å². The van der Waals surface area contributed by atoms with Gasteiger partial charge >= 0.3 is 13.8 Å². The van der Waals surface area contributed by atoms with Gasteiger partial charge in [0.05, 0.1) is 13.2 Å². The number of amides is 1. The first kappa shape index (κ1) is 53.0. The minimum atomic E-state index is -4.41. The third-order valence-corrected chi connectivity index (χ3v) is 11.3. The van der Waals surface area contributed by atoms with E-state index in [0.29, 0.717) is 12.8 Å². The van der Waals surface area contributed by atoms with Gasteiger partial charge < -0.3 is 20.1 Å². The highest BCUT2D eigenvalue weighted by atomic mass is 31.2. The van der Waals surface area contributed by atoms with Crippen LogP contribution in [0.25, 0.3) is 0 Å². The van der Waals surface area contributed by atoms with Crippen LogP contribution >= 0.6 is 7.82 Å². The first-order valence-electron chi connectivity index (χ1n) is 23.0. The number of aliphatic hydroxyl groups is 1. The molecule has 0 saturated heterocycles. The van der Waals surface area contributed by atoms with Crippen molar-refractivity contribution in [2.75, 3.05) is 26.4 Å². The lowest BCUT2D eigenvalue weighted by Gasteiger charge is -2.15. The highest BCUT2D eigenvalue weighted by Crippen LogP contribution is 2.42. The second-order valence-corrected chi connectivity index (χ2v) is 17.2. The maximum Gasteiger partial charge on any atom is 0.472 e. The molecule has 0 heterocycles. The van der Waals surface area contributed by atoms with Gasteiger partial charge in [-0.2, -0.15) is 0 Å². The van der Waals surface area contributed by atoms with Crippen molar-refractivity contribution in [1.82, 2.24) is 5.32 Å². The molecular formula is C44H88NO8P. The molecule has 0 aromatic heterocycles. The van der Waals surface area contributed by atoms with Crippen molar-refractivity contribution in [3.63, 3.8) is 0 Å². The number of esters is 1. The Morgan fingerprint density at radius 1 is 0.500 bits per heavy atom. The van der Waals surface area contributed by atoms with Crippen molar-refractivity contribution >= 4 is 19.7 Å². The van der Waals surface area contributed by atoms with Gasteiger partial charge in [0.2, 0.25) is 5.91 Å². The highest BCUT2D eigenvalue weighted by Gasteiger charge is 2.23. The van der Waals surface area contributed by atoms with E-state index in [1.807, 2.05) is 0 Å². The number of unbranched alkanes of at least 4 members (excludes halogenated alkanes) is 31. The average Bonchev–Trinajstić information content (AvgIpc) is 3.16. The molecule has 0 bridgehead atoms. The summed E-state index contributed by atoms with van der Waals surface area (Å²) in [5.41, 5.74) is 0. The summed E-state index contributed by atoms with van der Waals surface area (Å²) in [5, 5.41) is 12.7. The fourth-order valence-electron chi connectivity index (χ4n) is 6.79. The molecule has 0 aromatic rings. The summed E-state index contributed by atoms with van der Waals surface area (Å²) in [7, 11) is -4.41. The Morgan fingerprint density at radius 3 is 1.20 bits per heavy atom. The van der Waals surface area contributed by atoms with Gasteiger partial charge in [-0.05, 0) is 12.8 Å². The number of carbonyl (C=O) groups is 2. The lowest BCUT2D eigenvalue weighted by molar-refractivity contribution is -0.147. The Labute approximate surface area is 333 Å². The molecule has 0 aliphatic rings. The number of carbonyl (C=O) groups excluding carboxylic acids is 2. The first-order chi connectivity index (χ1) is 26.3. The number of phosphoric acid groups is 1. The molecule has 3 N–H and O–H groups in total. The largest absolute Gasteiger partial charge is 0.472 e. The third kappa shape index (κ3) is 42.2. The number of phosphoric ester groups is 1. The quantitative estimate of drug-likeness (QED) is 0.0316. The van der Waals surface area contributed by atoms with Crippen LogP contribution in [0.2, 0.25) is 0 Å². The van der Waals surface area contributed by atoms with Crippen molar-refractivity contribution in [1.29, 1.82) is 0 Å². The van der Waals surface area contributed by atoms with Gasteiger partial charge in [0, 0.05) is 19.4 Å². The number of hydrogen-bond acceptors (Lipinski definition) is 7. The van der Waals surface area contributed by atoms with E-state index >= 15 is 0 Å². The molecule has 0 aliphatic carbocycles. The number of hydrogen-bond donors (Lipinski definition) is 3. The Morgan fingerprint density at radius 2 is 0.833 bits per heavy atom. The van der Waals surface area contributed by atoms with E-state index in [1.54, 1.807) is 0 Å². The third-order valence-electron chi connectivity index (χ3n) is 10.3. The lowest BCUT2D eigenvalue weighted by Crippen LogP contribution is -2.27. The van der Waals surface area contributed by atoms with Crippen molar-refractivity contribution in [2.24, 2.45) is 0 Å². The average molecular weight is 790 g/mol. The molecule has 322 valence electrons. The van der Waals surface area contributed by atoms with E-state index in [9.17, 15) is 24.2 Å². The fraction of sp³-hybridized carbons (Fsp3) is 0.955. The minimum absolute atomic E-state index is 0.0886. The maximum absolute atomic E-state index is 12.1. The van der Waals surface area contributed by atoms with Gasteiger partial charge in [-0.3, -0.25) is 18.6 Å². The SMILES string of the molecule is CCCCCCCCCCCCCCCCCCCCCC(=O)NCCOP(=O)(O)OCC(O)COC(=O)CCCCCCCCCCCCCCCC. The van der Waals surface area contributed by atoms with Crippen LogP contribution in [-0.4, -0.2) is 54.3 Å². The summed E-state index contributed by atoms with van der Waals surface area (Å²) in [4.78, 5) is 33.9. The molecule has 0 aromatic carbocycles. The molecule has 0 saturated carbocycles. The normalized spacial score (nSPS) is 13.2. The minimum Gasteiger partial charge on any atom is -0.463 e. The predicted molar refractivity (Wildman–Crippen MR) is 225 cm³/mol. The second-order valence-electron chi connectivity index (χ2n) is 15.7. The van der Waals surface area contributed by atoms with Crippen LogP contribution in [0, 0.1) is 0 Å². The Bertz CT molecular complexity index is 860. The smallest absolute Gasteiger partial charge is 0.463 e. The molecule has 0 spiro atoms. The summed E-state index contributed by atoms with van der Waals surface area (Å²) < 4.78 is 26.9. The molecule has 0 aliphatic heterocycles. The van der Waals surface area contributed by atoms with Crippen molar-refractivity contribution in [3.05, 3.63) is 0 Å². The molecule has 2 unspecified atom stereocenters. The lowest BCUT2D eigenvalue weighted by atomic mass is 10.0.